The molecule has 0 aliphatic carbocycles. The van der Waals surface area contributed by atoms with Gasteiger partial charge in [-0.15, -0.1) is 0 Å². The predicted octanol–water partition coefficient (Wildman–Crippen LogP) is 12.2. The van der Waals surface area contributed by atoms with Gasteiger partial charge < -0.3 is 0 Å². The molecule has 54 heavy (non-hydrogen) atoms. The first kappa shape index (κ1) is 31.0. The fraction of sp³-hybridized carbons (Fsp3) is 0. The van der Waals surface area contributed by atoms with E-state index < -0.39 is 0 Å². The van der Waals surface area contributed by atoms with Crippen molar-refractivity contribution >= 4 is 65.3 Å². The van der Waals surface area contributed by atoms with Gasteiger partial charge in [-0.25, -0.2) is 0 Å². The molecule has 11 aromatic rings. The van der Waals surface area contributed by atoms with Gasteiger partial charge in [-0.1, -0.05) is 60.7 Å². The number of fused-ring (bicyclic) bond motifs is 9. The van der Waals surface area contributed by atoms with E-state index in [0.717, 1.165) is 76.2 Å². The first-order valence-corrected chi connectivity index (χ1v) is 19.1. The molecular weight excluding hydrogens is 844 g/mol. The van der Waals surface area contributed by atoms with E-state index in [4.69, 9.17) is 9.72 Å². The molecule has 3 heterocycles. The second kappa shape index (κ2) is 12.3. The Morgan fingerprint density at radius 2 is 1.02 bits per heavy atom. The van der Waals surface area contributed by atoms with Crippen molar-refractivity contribution < 1.29 is 24.1 Å². The van der Waals surface area contributed by atoms with Gasteiger partial charge in [-0.2, -0.15) is 0 Å². The van der Waals surface area contributed by atoms with Gasteiger partial charge in [0.15, 0.2) is 0 Å². The number of nitrogens with zero attached hydrogens (tertiary/aromatic N) is 4. The van der Waals surface area contributed by atoms with Crippen LogP contribution in [0.15, 0.2) is 182 Å². The van der Waals surface area contributed by atoms with Crippen molar-refractivity contribution in [3.63, 3.8) is 0 Å². The molecule has 0 atom stereocenters. The molecule has 11 rings (SSSR count). The van der Waals surface area contributed by atoms with Crippen LogP contribution in [0.3, 0.4) is 0 Å². The summed E-state index contributed by atoms with van der Waals surface area (Å²) in [4.78, 5) is 5.39. The molecule has 0 fully saturated rings. The van der Waals surface area contributed by atoms with Gasteiger partial charge in [-0.3, -0.25) is 0 Å². The molecule has 0 aliphatic heterocycles. The van der Waals surface area contributed by atoms with Gasteiger partial charge in [-0.05, 0) is 22.9 Å². The van der Waals surface area contributed by atoms with Crippen molar-refractivity contribution in [3.05, 3.63) is 186 Å². The van der Waals surface area contributed by atoms with Crippen LogP contribution >= 0.6 is 0 Å². The number of pyridine rings is 1. The number of rotatable bonds is 5. The van der Waals surface area contributed by atoms with Crippen molar-refractivity contribution in [2.75, 3.05) is 0 Å². The van der Waals surface area contributed by atoms with Crippen molar-refractivity contribution in [2.45, 2.75) is 0 Å². The third-order valence-corrected chi connectivity index (χ3v) is 11.5. The molecule has 0 radical (unpaired) electrons. The third kappa shape index (κ3) is 4.75. The Hall–Kier alpha value is -6.55. The molecule has 0 saturated heterocycles. The van der Waals surface area contributed by atoms with Crippen LogP contribution < -0.4 is 4.74 Å². The van der Waals surface area contributed by atoms with Gasteiger partial charge in [0, 0.05) is 10.8 Å². The molecule has 8 aromatic carbocycles. The maximum absolute atomic E-state index is 6.74. The average Bonchev–Trinajstić information content (AvgIpc) is 3.71. The summed E-state index contributed by atoms with van der Waals surface area (Å²) < 4.78 is 14.7. The van der Waals surface area contributed by atoms with Crippen LogP contribution in [0.5, 0.6) is 11.5 Å². The molecule has 0 amide bonds. The summed E-state index contributed by atoms with van der Waals surface area (Å²) in [7, 11) is 0. The Kier molecular flexibility index (Phi) is 7.04. The van der Waals surface area contributed by atoms with E-state index in [1.54, 1.807) is 0 Å². The van der Waals surface area contributed by atoms with Crippen molar-refractivity contribution in [1.82, 2.24) is 18.7 Å². The number of imidazole rings is 1. The summed E-state index contributed by atoms with van der Waals surface area (Å²) in [6.07, 6.45) is 0. The molecule has 258 valence electrons. The van der Waals surface area contributed by atoms with Crippen molar-refractivity contribution in [2.24, 2.45) is 0 Å². The monoisotopic (exact) mass is 873 g/mol. The van der Waals surface area contributed by atoms with E-state index in [9.17, 15) is 0 Å². The first-order valence-electron chi connectivity index (χ1n) is 18.0. The summed E-state index contributed by atoms with van der Waals surface area (Å²) in [5.74, 6) is 2.42. The van der Waals surface area contributed by atoms with Gasteiger partial charge in [0.2, 0.25) is 0 Å². The Morgan fingerprint density at radius 3 is 1.85 bits per heavy atom. The molecule has 5 nitrogen and oxygen atoms in total. The van der Waals surface area contributed by atoms with Crippen LogP contribution in [0.2, 0.25) is 0 Å². The second-order valence-corrected chi connectivity index (χ2v) is 14.5. The van der Waals surface area contributed by atoms with E-state index >= 15 is 0 Å². The quantitative estimate of drug-likeness (QED) is 0.162. The van der Waals surface area contributed by atoms with Crippen LogP contribution in [-0.2, 0) is 19.4 Å². The Bertz CT molecular complexity index is 3320. The Morgan fingerprint density at radius 1 is 0.407 bits per heavy atom. The van der Waals surface area contributed by atoms with Crippen molar-refractivity contribution in [3.8, 4) is 28.7 Å². The van der Waals surface area contributed by atoms with Gasteiger partial charge in [0.05, 0.1) is 5.52 Å². The van der Waals surface area contributed by atoms with E-state index in [1.807, 2.05) is 6.07 Å². The van der Waals surface area contributed by atoms with Crippen LogP contribution in [0.1, 0.15) is 0 Å². The van der Waals surface area contributed by atoms with Gasteiger partial charge >= 0.3 is 223 Å². The van der Waals surface area contributed by atoms with E-state index in [2.05, 4.69) is 209 Å². The number of ether oxygens (including phenoxy) is 1. The maximum atomic E-state index is 6.74. The third-order valence-electron chi connectivity index (χ3n) is 10.5. The number of benzene rings is 8. The average molecular weight is 874 g/mol. The first-order chi connectivity index (χ1) is 26.7. The normalized spacial score (nSPS) is 11.8. The fourth-order valence-electron chi connectivity index (χ4n) is 8.12. The minimum atomic E-state index is 0.755. The molecule has 0 N–H and O–H groups in total. The van der Waals surface area contributed by atoms with Gasteiger partial charge in [0.25, 0.3) is 0 Å². The predicted molar refractivity (Wildman–Crippen MR) is 217 cm³/mol. The molecule has 0 spiro atoms. The molecule has 3 aromatic heterocycles. The van der Waals surface area contributed by atoms with Crippen LogP contribution in [0, 0.1) is 3.80 Å². The van der Waals surface area contributed by atoms with E-state index in [0.29, 0.717) is 0 Å². The summed E-state index contributed by atoms with van der Waals surface area (Å²) in [5.41, 5.74) is 7.51. The van der Waals surface area contributed by atoms with E-state index in [-0.39, 0.29) is 0 Å². The minimum absolute atomic E-state index is 0.755. The van der Waals surface area contributed by atoms with Crippen LogP contribution in [-0.4, -0.2) is 18.7 Å². The topological polar surface area (TPSA) is 36.9 Å². The van der Waals surface area contributed by atoms with E-state index in [1.165, 1.54) is 21.5 Å². The van der Waals surface area contributed by atoms with Crippen molar-refractivity contribution in [1.29, 1.82) is 0 Å². The second-order valence-electron chi connectivity index (χ2n) is 13.5. The molecule has 0 aliphatic rings. The number of hydrogen-bond donors (Lipinski definition) is 0. The zero-order valence-corrected chi connectivity index (χ0v) is 31.1. The van der Waals surface area contributed by atoms with Gasteiger partial charge in [0.1, 0.15) is 0 Å². The summed E-state index contributed by atoms with van der Waals surface area (Å²) in [5, 5.41) is 8.22. The summed E-state index contributed by atoms with van der Waals surface area (Å²) >= 11 is 2.43. The number of aromatic nitrogens is 4. The van der Waals surface area contributed by atoms with Crippen LogP contribution in [0.25, 0.3) is 82.5 Å². The SMILES string of the molecule is [Pt]=[c]1n(-c2ccccc2)c2ccccc2n1-c1cccc(Oc2ccc3c4ccccc4n(-c4nc5ccccc5c5c4ccc4ccccc45)c3c2)c1. The summed E-state index contributed by atoms with van der Waals surface area (Å²) in [6, 6.07) is 63.9. The zero-order chi connectivity index (χ0) is 35.8. The molecule has 0 saturated carbocycles. The number of para-hydroxylation sites is 5. The fourth-order valence-corrected chi connectivity index (χ4v) is 9.25. The standard InChI is InChI=1S/C48H30N4O.Pt/c1-2-14-33(15-3-1)50-31-51(45-24-11-10-23-44(45)50)34-16-12-17-35(29-34)53-36-26-28-39-38-19-7-9-22-43(38)52(46(39)30-36)48-41-27-25-32-13-4-5-18-37(32)47(41)40-20-6-8-21-42(40)49-48;/h1-30H;. The van der Waals surface area contributed by atoms with Crippen LogP contribution in [0.4, 0.5) is 0 Å². The number of hydrogen-bond acceptors (Lipinski definition) is 2. The molecule has 6 heteroatoms. The summed E-state index contributed by atoms with van der Waals surface area (Å²) in [6.45, 7) is 0. The molecule has 0 bridgehead atoms. The Balaban J connectivity index is 1.08. The Labute approximate surface area is 321 Å². The zero-order valence-electron chi connectivity index (χ0n) is 28.8. The molecular formula is C48H30N4OPt. The molecule has 0 unspecified atom stereocenters.